The second-order valence-electron chi connectivity index (χ2n) is 3.97. The Labute approximate surface area is 117 Å². The first kappa shape index (κ1) is 13.8. The van der Waals surface area contributed by atoms with E-state index in [9.17, 15) is 0 Å². The molecule has 0 bridgehead atoms. The molecule has 1 aromatic heterocycles. The molecule has 0 aliphatic rings. The molecule has 0 radical (unpaired) electrons. The Bertz CT molecular complexity index is 534. The quantitative estimate of drug-likeness (QED) is 0.823. The molecular formula is C14H18N4S. The van der Waals surface area contributed by atoms with E-state index in [1.807, 2.05) is 18.2 Å². The van der Waals surface area contributed by atoms with Crippen LogP contribution in [0.15, 0.2) is 41.6 Å². The molecule has 0 amide bonds. The normalized spacial score (nSPS) is 11.3. The van der Waals surface area contributed by atoms with Crippen LogP contribution in [0.2, 0.25) is 0 Å². The molecule has 5 heteroatoms. The third-order valence-electron chi connectivity index (χ3n) is 2.71. The molecule has 0 spiro atoms. The lowest BCUT2D eigenvalue weighted by molar-refractivity contribution is 0.643. The van der Waals surface area contributed by atoms with Crippen molar-refractivity contribution in [2.24, 2.45) is 5.73 Å². The first-order chi connectivity index (χ1) is 9.35. The van der Waals surface area contributed by atoms with E-state index in [2.05, 4.69) is 46.0 Å². The Balaban J connectivity index is 1.92. The van der Waals surface area contributed by atoms with Crippen LogP contribution >= 0.6 is 11.8 Å². The van der Waals surface area contributed by atoms with Crippen molar-refractivity contribution in [3.05, 3.63) is 47.8 Å². The van der Waals surface area contributed by atoms with Gasteiger partial charge in [-0.1, -0.05) is 54.2 Å². The maximum absolute atomic E-state index is 5.62. The van der Waals surface area contributed by atoms with Gasteiger partial charge in [-0.05, 0) is 12.5 Å². The van der Waals surface area contributed by atoms with E-state index in [1.165, 1.54) is 5.56 Å². The number of aromatic nitrogens is 3. The maximum Gasteiger partial charge on any atom is 0.191 e. The molecule has 0 atom stereocenters. The van der Waals surface area contributed by atoms with E-state index < -0.39 is 0 Å². The van der Waals surface area contributed by atoms with E-state index in [0.717, 1.165) is 23.3 Å². The summed E-state index contributed by atoms with van der Waals surface area (Å²) in [6, 6.07) is 10.3. The largest absolute Gasteiger partial charge is 0.324 e. The van der Waals surface area contributed by atoms with Crippen molar-refractivity contribution in [3.63, 3.8) is 0 Å². The van der Waals surface area contributed by atoms with Gasteiger partial charge in [0.25, 0.3) is 0 Å². The summed E-state index contributed by atoms with van der Waals surface area (Å²) >= 11 is 1.67. The average Bonchev–Trinajstić information content (AvgIpc) is 2.86. The Hall–Kier alpha value is -1.59. The molecule has 0 fully saturated rings. The lowest BCUT2D eigenvalue weighted by Crippen LogP contribution is -2.08. The lowest BCUT2D eigenvalue weighted by atomic mass is 10.2. The van der Waals surface area contributed by atoms with Crippen LogP contribution in [0.25, 0.3) is 6.08 Å². The third kappa shape index (κ3) is 3.68. The predicted molar refractivity (Wildman–Crippen MR) is 79.8 cm³/mol. The topological polar surface area (TPSA) is 56.7 Å². The van der Waals surface area contributed by atoms with E-state index in [-0.39, 0.29) is 0 Å². The first-order valence-electron chi connectivity index (χ1n) is 6.31. The van der Waals surface area contributed by atoms with Gasteiger partial charge in [0.1, 0.15) is 5.82 Å². The van der Waals surface area contributed by atoms with E-state index in [4.69, 9.17) is 5.73 Å². The molecule has 19 heavy (non-hydrogen) atoms. The SMILES string of the molecule is CCn1c(CN)nnc1SC/C=C/c1ccccc1. The summed E-state index contributed by atoms with van der Waals surface area (Å²) in [4.78, 5) is 0. The fourth-order valence-corrected chi connectivity index (χ4v) is 2.60. The molecule has 1 heterocycles. The minimum atomic E-state index is 0.432. The van der Waals surface area contributed by atoms with Crippen LogP contribution in [0.3, 0.4) is 0 Å². The monoisotopic (exact) mass is 274 g/mol. The van der Waals surface area contributed by atoms with Crippen LogP contribution in [0, 0.1) is 0 Å². The fourth-order valence-electron chi connectivity index (χ4n) is 1.77. The van der Waals surface area contributed by atoms with Gasteiger partial charge in [0.05, 0.1) is 6.54 Å². The highest BCUT2D eigenvalue weighted by Crippen LogP contribution is 2.17. The second-order valence-corrected chi connectivity index (χ2v) is 4.96. The van der Waals surface area contributed by atoms with Crippen LogP contribution in [0.1, 0.15) is 18.3 Å². The zero-order chi connectivity index (χ0) is 13.5. The maximum atomic E-state index is 5.62. The molecule has 2 rings (SSSR count). The Morgan fingerprint density at radius 1 is 1.26 bits per heavy atom. The Morgan fingerprint density at radius 3 is 2.74 bits per heavy atom. The number of nitrogens with two attached hydrogens (primary N) is 1. The summed E-state index contributed by atoms with van der Waals surface area (Å²) in [5.74, 6) is 1.72. The zero-order valence-electron chi connectivity index (χ0n) is 11.0. The molecule has 0 aliphatic carbocycles. The van der Waals surface area contributed by atoms with Crippen molar-refractivity contribution in [1.29, 1.82) is 0 Å². The molecule has 2 aromatic rings. The van der Waals surface area contributed by atoms with E-state index >= 15 is 0 Å². The molecule has 0 saturated heterocycles. The summed E-state index contributed by atoms with van der Waals surface area (Å²) in [6.45, 7) is 3.36. The highest BCUT2D eigenvalue weighted by molar-refractivity contribution is 7.99. The van der Waals surface area contributed by atoms with Crippen LogP contribution < -0.4 is 5.73 Å². The molecule has 4 nitrogen and oxygen atoms in total. The van der Waals surface area contributed by atoms with Gasteiger partial charge in [0.2, 0.25) is 0 Å². The number of rotatable bonds is 6. The molecule has 0 aliphatic heterocycles. The highest BCUT2D eigenvalue weighted by atomic mass is 32.2. The molecular weight excluding hydrogens is 256 g/mol. The minimum Gasteiger partial charge on any atom is -0.324 e. The van der Waals surface area contributed by atoms with Gasteiger partial charge < -0.3 is 10.3 Å². The molecule has 0 saturated carbocycles. The number of hydrogen-bond donors (Lipinski definition) is 1. The van der Waals surface area contributed by atoms with Crippen molar-refractivity contribution in [2.45, 2.75) is 25.2 Å². The van der Waals surface area contributed by atoms with Gasteiger partial charge in [-0.15, -0.1) is 10.2 Å². The van der Waals surface area contributed by atoms with Crippen molar-refractivity contribution in [2.75, 3.05) is 5.75 Å². The summed E-state index contributed by atoms with van der Waals surface area (Å²) in [6.07, 6.45) is 4.25. The van der Waals surface area contributed by atoms with Gasteiger partial charge in [-0.2, -0.15) is 0 Å². The minimum absolute atomic E-state index is 0.432. The standard InChI is InChI=1S/C14H18N4S/c1-2-18-13(11-15)16-17-14(18)19-10-6-9-12-7-4-3-5-8-12/h3-9H,2,10-11,15H2,1H3/b9-6+. The Kier molecular flexibility index (Phi) is 5.18. The van der Waals surface area contributed by atoms with Gasteiger partial charge >= 0.3 is 0 Å². The van der Waals surface area contributed by atoms with Crippen molar-refractivity contribution in [3.8, 4) is 0 Å². The summed E-state index contributed by atoms with van der Waals surface area (Å²) in [5, 5.41) is 9.18. The predicted octanol–water partition coefficient (Wildman–Crippen LogP) is 2.56. The van der Waals surface area contributed by atoms with Gasteiger partial charge in [0.15, 0.2) is 5.16 Å². The average molecular weight is 274 g/mol. The Morgan fingerprint density at radius 2 is 2.05 bits per heavy atom. The van der Waals surface area contributed by atoms with Crippen LogP contribution in [-0.2, 0) is 13.1 Å². The summed E-state index contributed by atoms with van der Waals surface area (Å²) in [7, 11) is 0. The van der Waals surface area contributed by atoms with Crippen molar-refractivity contribution < 1.29 is 0 Å². The summed E-state index contributed by atoms with van der Waals surface area (Å²) in [5.41, 5.74) is 6.83. The molecule has 100 valence electrons. The fraction of sp³-hybridized carbons (Fsp3) is 0.286. The summed E-state index contributed by atoms with van der Waals surface area (Å²) < 4.78 is 2.06. The van der Waals surface area contributed by atoms with Gasteiger partial charge in [-0.25, -0.2) is 0 Å². The van der Waals surface area contributed by atoms with E-state index in [0.29, 0.717) is 6.54 Å². The van der Waals surface area contributed by atoms with Crippen LogP contribution in [0.4, 0.5) is 0 Å². The number of thioether (sulfide) groups is 1. The van der Waals surface area contributed by atoms with Gasteiger partial charge in [0, 0.05) is 12.3 Å². The van der Waals surface area contributed by atoms with Crippen LogP contribution in [0.5, 0.6) is 0 Å². The third-order valence-corrected chi connectivity index (χ3v) is 3.63. The van der Waals surface area contributed by atoms with Crippen molar-refractivity contribution >= 4 is 17.8 Å². The number of hydrogen-bond acceptors (Lipinski definition) is 4. The smallest absolute Gasteiger partial charge is 0.191 e. The van der Waals surface area contributed by atoms with Crippen LogP contribution in [-0.4, -0.2) is 20.5 Å². The highest BCUT2D eigenvalue weighted by Gasteiger charge is 2.08. The molecule has 1 aromatic carbocycles. The molecule has 0 unspecified atom stereocenters. The first-order valence-corrected chi connectivity index (χ1v) is 7.30. The molecule has 2 N–H and O–H groups in total. The second kappa shape index (κ2) is 7.11. The zero-order valence-corrected chi connectivity index (χ0v) is 11.8. The number of benzene rings is 1. The van der Waals surface area contributed by atoms with Crippen molar-refractivity contribution in [1.82, 2.24) is 14.8 Å². The van der Waals surface area contributed by atoms with E-state index in [1.54, 1.807) is 11.8 Å². The number of nitrogens with zero attached hydrogens (tertiary/aromatic N) is 3. The van der Waals surface area contributed by atoms with Gasteiger partial charge in [-0.3, -0.25) is 0 Å². The lowest BCUT2D eigenvalue weighted by Gasteiger charge is -2.04.